The van der Waals surface area contributed by atoms with E-state index in [4.69, 9.17) is 20.4 Å². The average molecular weight is 687 g/mol. The van der Waals surface area contributed by atoms with Crippen molar-refractivity contribution in [1.82, 2.24) is 29.3 Å². The molecule has 2 amide bonds. The maximum atomic E-state index is 12.9. The van der Waals surface area contributed by atoms with Gasteiger partial charge in [0.05, 0.1) is 19.5 Å². The van der Waals surface area contributed by atoms with Crippen LogP contribution in [0.4, 0.5) is 10.6 Å². The quantitative estimate of drug-likeness (QED) is 0.148. The zero-order valence-corrected chi connectivity index (χ0v) is 29.3. The zero-order valence-electron chi connectivity index (χ0n) is 29.3. The first kappa shape index (κ1) is 35.7. The number of rotatable bonds is 12. The Bertz CT molecular complexity index is 1700. The molecular weight excluding hydrogens is 636 g/mol. The molecule has 2 aliphatic rings. The number of anilines is 1. The molecule has 2 aliphatic heterocycles. The first-order chi connectivity index (χ1) is 23.9. The maximum absolute atomic E-state index is 12.9. The highest BCUT2D eigenvalue weighted by Gasteiger charge is 2.44. The van der Waals surface area contributed by atoms with Crippen LogP contribution >= 0.6 is 0 Å². The number of likely N-dealkylation sites (tertiary alicyclic amines) is 1. The van der Waals surface area contributed by atoms with Gasteiger partial charge in [-0.3, -0.25) is 9.47 Å². The number of carbonyl (C=O) groups is 1. The highest BCUT2D eigenvalue weighted by atomic mass is 16.6. The van der Waals surface area contributed by atoms with Crippen LogP contribution in [0.1, 0.15) is 76.1 Å². The molecule has 0 unspecified atom stereocenters. The van der Waals surface area contributed by atoms with Crippen LogP contribution in [0, 0.1) is 0 Å². The van der Waals surface area contributed by atoms with Crippen molar-refractivity contribution in [1.29, 1.82) is 0 Å². The van der Waals surface area contributed by atoms with Gasteiger partial charge in [0.15, 0.2) is 29.0 Å². The summed E-state index contributed by atoms with van der Waals surface area (Å²) in [4.78, 5) is 31.2. The molecule has 0 radical (unpaired) electrons. The number of nitrogens with one attached hydrogen (secondary N) is 1. The Kier molecular flexibility index (Phi) is 10.4. The van der Waals surface area contributed by atoms with Gasteiger partial charge in [-0.1, -0.05) is 60.7 Å². The molecule has 0 saturated carbocycles. The number of carbonyl (C=O) groups excluding carboxylic acids is 1. The Morgan fingerprint density at radius 3 is 2.18 bits per heavy atom. The number of urea groups is 1. The largest absolute Gasteiger partial charge is 0.394 e. The molecule has 4 heterocycles. The number of hydrogen-bond acceptors (Lipinski definition) is 10. The molecule has 13 nitrogen and oxygen atoms in total. The molecule has 0 bridgehead atoms. The van der Waals surface area contributed by atoms with E-state index in [0.29, 0.717) is 42.4 Å². The molecule has 268 valence electrons. The zero-order chi connectivity index (χ0) is 35.6. The predicted octanol–water partition coefficient (Wildman–Crippen LogP) is 3.61. The van der Waals surface area contributed by atoms with E-state index in [2.05, 4.69) is 67.2 Å². The first-order valence-corrected chi connectivity index (χ1v) is 17.4. The lowest BCUT2D eigenvalue weighted by atomic mass is 9.80. The fraction of sp³-hybridized carbons (Fsp3) is 0.514. The highest BCUT2D eigenvalue weighted by Crippen LogP contribution is 2.38. The minimum Gasteiger partial charge on any atom is -0.394 e. The number of nitrogens with zero attached hydrogens (tertiary/aromatic N) is 6. The molecule has 4 atom stereocenters. The van der Waals surface area contributed by atoms with Gasteiger partial charge in [-0.2, -0.15) is 0 Å². The molecule has 2 aromatic carbocycles. The topological polar surface area (TPSA) is 175 Å². The molecule has 0 aliphatic carbocycles. The molecule has 2 saturated heterocycles. The van der Waals surface area contributed by atoms with E-state index in [1.807, 2.05) is 36.4 Å². The van der Waals surface area contributed by atoms with E-state index in [0.717, 1.165) is 30.4 Å². The summed E-state index contributed by atoms with van der Waals surface area (Å²) < 4.78 is 7.38. The summed E-state index contributed by atoms with van der Waals surface area (Å²) in [5.41, 5.74) is 8.91. The molecule has 2 aromatic heterocycles. The van der Waals surface area contributed by atoms with E-state index in [1.165, 1.54) is 10.9 Å². The standard InChI is InChI=1S/C37H50N8O5/c1-36(2)16-11-17-37(3,4)45(36)19-18-43(35(38)49)21-28-41-32(39-20-26(24-12-7-5-8-13-24)25-14-9-6-10-15-25)29-33(42-28)44(23-40-29)34-31(48)30(47)27(22-46)50-34/h5-10,12-15,23,26-27,30-31,34,46-48H,11,16-22H2,1-4H3,(H2,38,49)(H,39,41,42)/t27-,30-,31-,34-/m1/s1. The number of nitrogens with two attached hydrogens (primary N) is 1. The molecule has 13 heteroatoms. The number of amides is 2. The monoisotopic (exact) mass is 686 g/mol. The van der Waals surface area contributed by atoms with Gasteiger partial charge in [-0.15, -0.1) is 0 Å². The van der Waals surface area contributed by atoms with Gasteiger partial charge < -0.3 is 36.0 Å². The van der Waals surface area contributed by atoms with Gasteiger partial charge in [-0.25, -0.2) is 19.7 Å². The number of piperidine rings is 1. The molecule has 2 fully saturated rings. The Morgan fingerprint density at radius 2 is 1.62 bits per heavy atom. The van der Waals surface area contributed by atoms with E-state index in [-0.39, 0.29) is 23.5 Å². The molecule has 0 spiro atoms. The van der Waals surface area contributed by atoms with Crippen molar-refractivity contribution in [3.63, 3.8) is 0 Å². The smallest absolute Gasteiger partial charge is 0.315 e. The van der Waals surface area contributed by atoms with Crippen molar-refractivity contribution in [2.24, 2.45) is 5.73 Å². The summed E-state index contributed by atoms with van der Waals surface area (Å²) in [7, 11) is 0. The van der Waals surface area contributed by atoms with E-state index >= 15 is 0 Å². The Balaban J connectivity index is 1.34. The van der Waals surface area contributed by atoms with E-state index in [9.17, 15) is 20.1 Å². The summed E-state index contributed by atoms with van der Waals surface area (Å²) in [5, 5.41) is 34.6. The second kappa shape index (κ2) is 14.6. The van der Waals surface area contributed by atoms with Crippen LogP contribution in [0.2, 0.25) is 0 Å². The highest BCUT2D eigenvalue weighted by molar-refractivity contribution is 5.83. The molecule has 6 N–H and O–H groups in total. The number of aliphatic hydroxyl groups excluding tert-OH is 3. The molecule has 50 heavy (non-hydrogen) atoms. The normalized spacial score (nSPS) is 23.4. The number of benzene rings is 2. The van der Waals surface area contributed by atoms with Gasteiger partial charge in [-0.05, 0) is 58.1 Å². The van der Waals surface area contributed by atoms with Crippen LogP contribution < -0.4 is 11.1 Å². The van der Waals surface area contributed by atoms with Crippen molar-refractivity contribution >= 4 is 23.0 Å². The fourth-order valence-corrected chi connectivity index (χ4v) is 7.76. The first-order valence-electron chi connectivity index (χ1n) is 17.4. The van der Waals surface area contributed by atoms with Gasteiger partial charge in [0.2, 0.25) is 0 Å². The van der Waals surface area contributed by atoms with E-state index in [1.54, 1.807) is 4.90 Å². The third-order valence-corrected chi connectivity index (χ3v) is 10.4. The number of hydrogen-bond donors (Lipinski definition) is 5. The Morgan fingerprint density at radius 1 is 1.00 bits per heavy atom. The van der Waals surface area contributed by atoms with Crippen molar-refractivity contribution in [2.45, 2.75) is 95.0 Å². The second-order valence-corrected chi connectivity index (χ2v) is 14.7. The van der Waals surface area contributed by atoms with Crippen molar-refractivity contribution in [3.05, 3.63) is 83.9 Å². The third kappa shape index (κ3) is 7.33. The van der Waals surface area contributed by atoms with Gasteiger partial charge in [0.25, 0.3) is 0 Å². The number of imidazole rings is 1. The average Bonchev–Trinajstić information content (AvgIpc) is 3.64. The number of ether oxygens (including phenoxy) is 1. The van der Waals surface area contributed by atoms with Gasteiger partial charge in [0.1, 0.15) is 18.3 Å². The summed E-state index contributed by atoms with van der Waals surface area (Å²) in [6, 6.07) is 19.8. The summed E-state index contributed by atoms with van der Waals surface area (Å²) in [6.07, 6.45) is 0.105. The fourth-order valence-electron chi connectivity index (χ4n) is 7.76. The van der Waals surface area contributed by atoms with Crippen molar-refractivity contribution in [3.8, 4) is 0 Å². The molecule has 4 aromatic rings. The minimum atomic E-state index is -1.33. The van der Waals surface area contributed by atoms with Crippen LogP contribution in [0.15, 0.2) is 67.0 Å². The summed E-state index contributed by atoms with van der Waals surface area (Å²) in [5.74, 6) is 0.738. The lowest BCUT2D eigenvalue weighted by Gasteiger charge is -2.53. The molecular formula is C37H50N8O5. The van der Waals surface area contributed by atoms with Crippen molar-refractivity contribution < 1.29 is 24.9 Å². The minimum absolute atomic E-state index is 0.0215. The van der Waals surface area contributed by atoms with Crippen LogP contribution in [0.5, 0.6) is 0 Å². The summed E-state index contributed by atoms with van der Waals surface area (Å²) in [6.45, 7) is 10.0. The number of aliphatic hydroxyl groups is 3. The maximum Gasteiger partial charge on any atom is 0.315 e. The van der Waals surface area contributed by atoms with Crippen molar-refractivity contribution in [2.75, 3.05) is 31.6 Å². The Labute approximate surface area is 293 Å². The molecule has 6 rings (SSSR count). The van der Waals surface area contributed by atoms with Crippen LogP contribution in [-0.4, -0.2) is 106 Å². The van der Waals surface area contributed by atoms with Crippen LogP contribution in [-0.2, 0) is 11.3 Å². The van der Waals surface area contributed by atoms with E-state index < -0.39 is 37.2 Å². The lowest BCUT2D eigenvalue weighted by molar-refractivity contribution is -0.0511. The van der Waals surface area contributed by atoms with Crippen LogP contribution in [0.25, 0.3) is 11.2 Å². The third-order valence-electron chi connectivity index (χ3n) is 10.4. The predicted molar refractivity (Wildman–Crippen MR) is 190 cm³/mol. The summed E-state index contributed by atoms with van der Waals surface area (Å²) >= 11 is 0. The SMILES string of the molecule is CC1(C)CCCC(C)(C)N1CCN(Cc1nc(NCC(c2ccccc2)c2ccccc2)c2ncn([C@@H]3O[C@H](CO)[C@@H](O)[C@H]3O)c2n1)C(N)=O. The van der Waals surface area contributed by atoms with Gasteiger partial charge in [0, 0.05) is 36.6 Å². The van der Waals surface area contributed by atoms with Crippen LogP contribution in [0.3, 0.4) is 0 Å². The number of primary amides is 1. The van der Waals surface area contributed by atoms with Gasteiger partial charge >= 0.3 is 6.03 Å². The number of fused-ring (bicyclic) bond motifs is 1. The number of aromatic nitrogens is 4. The lowest BCUT2D eigenvalue weighted by Crippen LogP contribution is -2.60. The second-order valence-electron chi connectivity index (χ2n) is 14.7. The Hall–Kier alpha value is -4.14.